The fourth-order valence-electron chi connectivity index (χ4n) is 2.06. The topological polar surface area (TPSA) is 58.2 Å². The highest BCUT2D eigenvalue weighted by Crippen LogP contribution is 2.08. The monoisotopic (exact) mass is 270 g/mol. The highest BCUT2D eigenvalue weighted by Gasteiger charge is 2.18. The average molecular weight is 270 g/mol. The zero-order chi connectivity index (χ0) is 14.7. The Kier molecular flexibility index (Phi) is 10.5. The van der Waals surface area contributed by atoms with Crippen LogP contribution in [0.3, 0.4) is 0 Å². The highest BCUT2D eigenvalue weighted by atomic mass is 16.2. The number of hydrogen-bond acceptors (Lipinski definition) is 3. The third-order valence-corrected chi connectivity index (χ3v) is 3.28. The van der Waals surface area contributed by atoms with E-state index in [2.05, 4.69) is 31.4 Å². The third-order valence-electron chi connectivity index (χ3n) is 3.28. The van der Waals surface area contributed by atoms with Crippen LogP contribution in [0.5, 0.6) is 0 Å². The maximum atomic E-state index is 12.0. The molecule has 0 saturated heterocycles. The van der Waals surface area contributed by atoms with E-state index in [-0.39, 0.29) is 17.9 Å². The van der Waals surface area contributed by atoms with E-state index in [0.717, 1.165) is 38.4 Å². The van der Waals surface area contributed by atoms with Crippen molar-refractivity contribution in [2.75, 3.05) is 13.6 Å². The van der Waals surface area contributed by atoms with Crippen LogP contribution in [0.1, 0.15) is 52.9 Å². The molecule has 2 atom stereocenters. The molecule has 0 aliphatic rings. The van der Waals surface area contributed by atoms with Crippen LogP contribution < -0.4 is 10.6 Å². The number of aldehydes is 1. The molecule has 0 aliphatic carbocycles. The summed E-state index contributed by atoms with van der Waals surface area (Å²) in [6, 6.07) is -0.164. The SMILES string of the molecule is CCCCC[C@@H](C=O)CNC(=O)[C@H](CC(C)C)NC. The van der Waals surface area contributed by atoms with Crippen molar-refractivity contribution in [3.8, 4) is 0 Å². The van der Waals surface area contributed by atoms with Crippen LogP contribution in [-0.2, 0) is 9.59 Å². The predicted octanol–water partition coefficient (Wildman–Crippen LogP) is 2.13. The molecule has 0 heterocycles. The molecule has 0 spiro atoms. The van der Waals surface area contributed by atoms with E-state index < -0.39 is 0 Å². The molecule has 0 aromatic heterocycles. The minimum Gasteiger partial charge on any atom is -0.354 e. The van der Waals surface area contributed by atoms with Gasteiger partial charge in [-0.25, -0.2) is 0 Å². The van der Waals surface area contributed by atoms with E-state index in [4.69, 9.17) is 0 Å². The Morgan fingerprint density at radius 3 is 2.42 bits per heavy atom. The van der Waals surface area contributed by atoms with Gasteiger partial charge in [0.05, 0.1) is 6.04 Å². The Morgan fingerprint density at radius 2 is 1.95 bits per heavy atom. The van der Waals surface area contributed by atoms with E-state index in [9.17, 15) is 9.59 Å². The molecule has 19 heavy (non-hydrogen) atoms. The Bertz CT molecular complexity index is 255. The van der Waals surface area contributed by atoms with Gasteiger partial charge in [-0.2, -0.15) is 0 Å². The molecule has 0 radical (unpaired) electrons. The van der Waals surface area contributed by atoms with Crippen LogP contribution >= 0.6 is 0 Å². The molecule has 2 N–H and O–H groups in total. The maximum Gasteiger partial charge on any atom is 0.237 e. The van der Waals surface area contributed by atoms with Gasteiger partial charge in [0.15, 0.2) is 0 Å². The van der Waals surface area contributed by atoms with Crippen molar-refractivity contribution in [2.24, 2.45) is 11.8 Å². The van der Waals surface area contributed by atoms with Crippen molar-refractivity contribution in [1.29, 1.82) is 0 Å². The van der Waals surface area contributed by atoms with Crippen molar-refractivity contribution in [3.63, 3.8) is 0 Å². The molecule has 0 aromatic rings. The van der Waals surface area contributed by atoms with Crippen LogP contribution in [-0.4, -0.2) is 31.8 Å². The number of carbonyl (C=O) groups is 2. The van der Waals surface area contributed by atoms with Gasteiger partial charge < -0.3 is 15.4 Å². The maximum absolute atomic E-state index is 12.0. The first-order valence-corrected chi connectivity index (χ1v) is 7.45. The number of nitrogens with one attached hydrogen (secondary N) is 2. The van der Waals surface area contributed by atoms with Crippen molar-refractivity contribution < 1.29 is 9.59 Å². The fraction of sp³-hybridized carbons (Fsp3) is 0.867. The summed E-state index contributed by atoms with van der Waals surface area (Å²) in [7, 11) is 1.80. The molecule has 0 aromatic carbocycles. The standard InChI is InChI=1S/C15H30N2O2/c1-5-6-7-8-13(11-18)10-17-15(19)14(16-4)9-12(2)3/h11-14,16H,5-10H2,1-4H3,(H,17,19)/t13-,14+/m1/s1. The van der Waals surface area contributed by atoms with Gasteiger partial charge in [0, 0.05) is 12.5 Å². The molecule has 0 fully saturated rings. The second-order valence-corrected chi connectivity index (χ2v) is 5.61. The lowest BCUT2D eigenvalue weighted by atomic mass is 10.0. The summed E-state index contributed by atoms with van der Waals surface area (Å²) in [6.45, 7) is 6.79. The fourth-order valence-corrected chi connectivity index (χ4v) is 2.06. The summed E-state index contributed by atoms with van der Waals surface area (Å²) in [5, 5.41) is 5.91. The van der Waals surface area contributed by atoms with E-state index in [0.29, 0.717) is 12.5 Å². The van der Waals surface area contributed by atoms with Crippen LogP contribution in [0.2, 0.25) is 0 Å². The smallest absolute Gasteiger partial charge is 0.237 e. The van der Waals surface area contributed by atoms with Crippen LogP contribution in [0.15, 0.2) is 0 Å². The van der Waals surface area contributed by atoms with Crippen molar-refractivity contribution in [3.05, 3.63) is 0 Å². The third kappa shape index (κ3) is 8.76. The summed E-state index contributed by atoms with van der Waals surface area (Å²) < 4.78 is 0. The number of hydrogen-bond donors (Lipinski definition) is 2. The van der Waals surface area contributed by atoms with Gasteiger partial charge in [0.1, 0.15) is 6.29 Å². The summed E-state index contributed by atoms with van der Waals surface area (Å²) in [6.07, 6.45) is 5.98. The molecule has 0 saturated carbocycles. The van der Waals surface area contributed by atoms with Crippen molar-refractivity contribution >= 4 is 12.2 Å². The molecule has 0 rings (SSSR count). The van der Waals surface area contributed by atoms with Crippen LogP contribution in [0.25, 0.3) is 0 Å². The zero-order valence-corrected chi connectivity index (χ0v) is 12.9. The molecular weight excluding hydrogens is 240 g/mol. The molecule has 4 heteroatoms. The van der Waals surface area contributed by atoms with E-state index >= 15 is 0 Å². The minimum atomic E-state index is -0.164. The van der Waals surface area contributed by atoms with Gasteiger partial charge in [-0.3, -0.25) is 4.79 Å². The highest BCUT2D eigenvalue weighted by molar-refractivity contribution is 5.81. The van der Waals surface area contributed by atoms with Crippen molar-refractivity contribution in [1.82, 2.24) is 10.6 Å². The zero-order valence-electron chi connectivity index (χ0n) is 12.9. The van der Waals surface area contributed by atoms with Gasteiger partial charge in [-0.15, -0.1) is 0 Å². The number of likely N-dealkylation sites (N-methyl/N-ethyl adjacent to an activating group) is 1. The number of rotatable bonds is 11. The molecule has 4 nitrogen and oxygen atoms in total. The summed E-state index contributed by atoms with van der Waals surface area (Å²) in [5.41, 5.74) is 0. The second kappa shape index (κ2) is 11.0. The van der Waals surface area contributed by atoms with Crippen LogP contribution in [0, 0.1) is 11.8 Å². The largest absolute Gasteiger partial charge is 0.354 e. The second-order valence-electron chi connectivity index (χ2n) is 5.61. The first kappa shape index (κ1) is 18.1. The lowest BCUT2D eigenvalue weighted by Crippen LogP contribution is -2.45. The molecule has 112 valence electrons. The van der Waals surface area contributed by atoms with Gasteiger partial charge in [0.25, 0.3) is 0 Å². The van der Waals surface area contributed by atoms with E-state index in [1.807, 2.05) is 0 Å². The molecule has 0 unspecified atom stereocenters. The first-order chi connectivity index (χ1) is 9.04. The van der Waals surface area contributed by atoms with Gasteiger partial charge in [-0.05, 0) is 25.8 Å². The Labute approximate surface area is 117 Å². The van der Waals surface area contributed by atoms with Gasteiger partial charge in [-0.1, -0.05) is 40.0 Å². The summed E-state index contributed by atoms with van der Waals surface area (Å²) >= 11 is 0. The number of carbonyl (C=O) groups excluding carboxylic acids is 2. The molecule has 0 bridgehead atoms. The van der Waals surface area contributed by atoms with Crippen molar-refractivity contribution in [2.45, 2.75) is 58.9 Å². The quantitative estimate of drug-likeness (QED) is 0.447. The van der Waals surface area contributed by atoms with E-state index in [1.54, 1.807) is 7.05 Å². The summed E-state index contributed by atoms with van der Waals surface area (Å²) in [5.74, 6) is 0.417. The van der Waals surface area contributed by atoms with Gasteiger partial charge in [0.2, 0.25) is 5.91 Å². The lowest BCUT2D eigenvalue weighted by Gasteiger charge is -2.19. The van der Waals surface area contributed by atoms with E-state index in [1.165, 1.54) is 0 Å². The Hall–Kier alpha value is -0.900. The molecular formula is C15H30N2O2. The molecule has 0 aliphatic heterocycles. The Balaban J connectivity index is 4.05. The minimum absolute atomic E-state index is 0.00135. The van der Waals surface area contributed by atoms with Crippen LogP contribution in [0.4, 0.5) is 0 Å². The Morgan fingerprint density at radius 1 is 1.26 bits per heavy atom. The number of amides is 1. The normalized spacial score (nSPS) is 14.2. The first-order valence-electron chi connectivity index (χ1n) is 7.45. The molecule has 1 amide bonds. The number of unbranched alkanes of at least 4 members (excludes halogenated alkanes) is 2. The van der Waals surface area contributed by atoms with Gasteiger partial charge >= 0.3 is 0 Å². The lowest BCUT2D eigenvalue weighted by molar-refractivity contribution is -0.123. The predicted molar refractivity (Wildman–Crippen MR) is 79.0 cm³/mol. The average Bonchev–Trinajstić information content (AvgIpc) is 2.39. The summed E-state index contributed by atoms with van der Waals surface area (Å²) in [4.78, 5) is 22.9.